The maximum Gasteiger partial charge on any atom is 0.146 e. The van der Waals surface area contributed by atoms with Gasteiger partial charge in [0.1, 0.15) is 6.79 Å². The number of ether oxygens (including phenoxy) is 2. The summed E-state index contributed by atoms with van der Waals surface area (Å²) in [6, 6.07) is 0. The topological polar surface area (TPSA) is 18.5 Å². The van der Waals surface area contributed by atoms with Crippen LogP contribution in [0, 0.1) is 0 Å². The van der Waals surface area contributed by atoms with Gasteiger partial charge in [-0.3, -0.25) is 0 Å². The Bertz CT molecular complexity index is 173. The van der Waals surface area contributed by atoms with Gasteiger partial charge in [0.15, 0.2) is 0 Å². The second-order valence-corrected chi connectivity index (χ2v) is 2.95. The lowest BCUT2D eigenvalue weighted by molar-refractivity contribution is -0.0738. The summed E-state index contributed by atoms with van der Waals surface area (Å²) in [7, 11) is 1.65. The number of hydrogen-bond donors (Lipinski definition) is 0. The molecule has 0 aromatic carbocycles. The van der Waals surface area contributed by atoms with Crippen LogP contribution in [0.2, 0.25) is 0 Å². The zero-order valence-electron chi connectivity index (χ0n) is 7.58. The lowest BCUT2D eigenvalue weighted by Gasteiger charge is -2.20. The molecule has 0 aromatic rings. The molecule has 0 radical (unpaired) electrons. The van der Waals surface area contributed by atoms with E-state index in [1.54, 1.807) is 7.11 Å². The predicted molar refractivity (Wildman–Crippen MR) is 48.9 cm³/mol. The Kier molecular flexibility index (Phi) is 4.05. The molecule has 0 aromatic heterocycles. The van der Waals surface area contributed by atoms with E-state index in [-0.39, 0.29) is 0 Å². The van der Waals surface area contributed by atoms with Crippen LogP contribution < -0.4 is 0 Å². The van der Waals surface area contributed by atoms with Gasteiger partial charge in [0.25, 0.3) is 0 Å². The summed E-state index contributed by atoms with van der Waals surface area (Å²) in [4.78, 5) is 0. The quantitative estimate of drug-likeness (QED) is 0.599. The third-order valence-corrected chi connectivity index (χ3v) is 2.08. The van der Waals surface area contributed by atoms with Gasteiger partial charge in [-0.25, -0.2) is 0 Å². The Balaban J connectivity index is 2.26. The van der Waals surface area contributed by atoms with E-state index in [9.17, 15) is 0 Å². The van der Waals surface area contributed by atoms with Crippen molar-refractivity contribution in [1.29, 1.82) is 0 Å². The van der Waals surface area contributed by atoms with Crippen LogP contribution in [-0.4, -0.2) is 20.0 Å². The van der Waals surface area contributed by atoms with E-state index >= 15 is 0 Å². The minimum atomic E-state index is 0.341. The summed E-state index contributed by atoms with van der Waals surface area (Å²) >= 11 is 0. The highest BCUT2D eigenvalue weighted by Gasteiger charge is 2.12. The summed E-state index contributed by atoms with van der Waals surface area (Å²) < 4.78 is 10.3. The van der Waals surface area contributed by atoms with Gasteiger partial charge in [0.05, 0.1) is 6.10 Å². The van der Waals surface area contributed by atoms with Crippen LogP contribution in [0.5, 0.6) is 0 Å². The van der Waals surface area contributed by atoms with Gasteiger partial charge in [-0.15, -0.1) is 0 Å². The van der Waals surface area contributed by atoms with E-state index in [1.165, 1.54) is 5.57 Å². The van der Waals surface area contributed by atoms with Crippen LogP contribution in [0.15, 0.2) is 24.3 Å². The smallest absolute Gasteiger partial charge is 0.146 e. The number of hydrogen-bond acceptors (Lipinski definition) is 2. The standard InChI is InChI=1S/C10H16O2/c1-3-9-4-6-10(7-5-9)12-8-11-2/h3-4,10H,1,5-8H2,2H3/t10-/m1/s1. The van der Waals surface area contributed by atoms with Crippen LogP contribution in [-0.2, 0) is 9.47 Å². The van der Waals surface area contributed by atoms with E-state index in [1.807, 2.05) is 6.08 Å². The van der Waals surface area contributed by atoms with E-state index < -0.39 is 0 Å². The third-order valence-electron chi connectivity index (χ3n) is 2.08. The Morgan fingerprint density at radius 3 is 3.08 bits per heavy atom. The molecule has 68 valence electrons. The molecular weight excluding hydrogens is 152 g/mol. The summed E-state index contributed by atoms with van der Waals surface area (Å²) in [5.41, 5.74) is 1.34. The van der Waals surface area contributed by atoms with Crippen molar-refractivity contribution in [1.82, 2.24) is 0 Å². The highest BCUT2D eigenvalue weighted by atomic mass is 16.7. The van der Waals surface area contributed by atoms with Gasteiger partial charge in [-0.1, -0.05) is 24.3 Å². The third kappa shape index (κ3) is 2.80. The maximum absolute atomic E-state index is 5.42. The molecule has 0 bridgehead atoms. The molecule has 0 unspecified atom stereocenters. The van der Waals surface area contributed by atoms with Crippen LogP contribution in [0.3, 0.4) is 0 Å². The molecule has 0 amide bonds. The molecule has 0 fully saturated rings. The first-order valence-corrected chi connectivity index (χ1v) is 4.29. The molecule has 0 spiro atoms. The van der Waals surface area contributed by atoms with Crippen molar-refractivity contribution < 1.29 is 9.47 Å². The van der Waals surface area contributed by atoms with Crippen molar-refractivity contribution in [2.45, 2.75) is 25.4 Å². The van der Waals surface area contributed by atoms with Crippen molar-refractivity contribution in [2.24, 2.45) is 0 Å². The van der Waals surface area contributed by atoms with Crippen LogP contribution >= 0.6 is 0 Å². The molecular formula is C10H16O2. The molecule has 1 aliphatic rings. The molecule has 0 aliphatic heterocycles. The largest absolute Gasteiger partial charge is 0.359 e. The van der Waals surface area contributed by atoms with Crippen molar-refractivity contribution in [3.05, 3.63) is 24.3 Å². The first-order valence-electron chi connectivity index (χ1n) is 4.29. The second kappa shape index (κ2) is 5.12. The summed E-state index contributed by atoms with van der Waals surface area (Å²) in [5, 5.41) is 0. The maximum atomic E-state index is 5.42. The average molecular weight is 168 g/mol. The Labute approximate surface area is 73.9 Å². The van der Waals surface area contributed by atoms with Crippen LogP contribution in [0.1, 0.15) is 19.3 Å². The summed E-state index contributed by atoms with van der Waals surface area (Å²) in [6.45, 7) is 4.14. The molecule has 0 saturated carbocycles. The Morgan fingerprint density at radius 2 is 2.58 bits per heavy atom. The minimum absolute atomic E-state index is 0.341. The molecule has 2 nitrogen and oxygen atoms in total. The van der Waals surface area contributed by atoms with Crippen LogP contribution in [0.4, 0.5) is 0 Å². The van der Waals surface area contributed by atoms with Gasteiger partial charge in [0.2, 0.25) is 0 Å². The SMILES string of the molecule is C=CC1=CC[C@@H](OCOC)CC1. The molecule has 0 heterocycles. The van der Waals surface area contributed by atoms with Crippen molar-refractivity contribution >= 4 is 0 Å². The van der Waals surface area contributed by atoms with E-state index in [2.05, 4.69) is 12.7 Å². The summed E-state index contributed by atoms with van der Waals surface area (Å²) in [5.74, 6) is 0. The van der Waals surface area contributed by atoms with Crippen molar-refractivity contribution in [2.75, 3.05) is 13.9 Å². The second-order valence-electron chi connectivity index (χ2n) is 2.95. The van der Waals surface area contributed by atoms with E-state index in [4.69, 9.17) is 9.47 Å². The van der Waals surface area contributed by atoms with Gasteiger partial charge in [-0.2, -0.15) is 0 Å². The Hall–Kier alpha value is -0.600. The molecule has 0 N–H and O–H groups in total. The zero-order valence-corrected chi connectivity index (χ0v) is 7.58. The highest BCUT2D eigenvalue weighted by molar-refractivity contribution is 5.18. The monoisotopic (exact) mass is 168 g/mol. The van der Waals surface area contributed by atoms with Gasteiger partial charge in [-0.05, 0) is 19.3 Å². The lowest BCUT2D eigenvalue weighted by Crippen LogP contribution is -2.16. The zero-order chi connectivity index (χ0) is 8.81. The molecule has 1 rings (SSSR count). The number of allylic oxidation sites excluding steroid dienone is 2. The Morgan fingerprint density at radius 1 is 1.75 bits per heavy atom. The highest BCUT2D eigenvalue weighted by Crippen LogP contribution is 2.20. The molecule has 12 heavy (non-hydrogen) atoms. The first-order chi connectivity index (χ1) is 5.86. The van der Waals surface area contributed by atoms with E-state index in [0.717, 1.165) is 19.3 Å². The fourth-order valence-corrected chi connectivity index (χ4v) is 1.33. The molecule has 2 heteroatoms. The summed E-state index contributed by atoms with van der Waals surface area (Å²) in [6.07, 6.45) is 7.61. The molecule has 0 saturated heterocycles. The normalized spacial score (nSPS) is 23.4. The van der Waals surface area contributed by atoms with Crippen LogP contribution in [0.25, 0.3) is 0 Å². The van der Waals surface area contributed by atoms with E-state index in [0.29, 0.717) is 12.9 Å². The van der Waals surface area contributed by atoms with Crippen molar-refractivity contribution in [3.63, 3.8) is 0 Å². The van der Waals surface area contributed by atoms with Gasteiger partial charge >= 0.3 is 0 Å². The van der Waals surface area contributed by atoms with Crippen molar-refractivity contribution in [3.8, 4) is 0 Å². The van der Waals surface area contributed by atoms with Gasteiger partial charge < -0.3 is 9.47 Å². The fraction of sp³-hybridized carbons (Fsp3) is 0.600. The predicted octanol–water partition coefficient (Wildman–Crippen LogP) is 2.27. The number of methoxy groups -OCH3 is 1. The lowest BCUT2D eigenvalue weighted by atomic mass is 9.97. The average Bonchev–Trinajstić information content (AvgIpc) is 2.15. The number of rotatable bonds is 4. The molecule has 1 atom stereocenters. The minimum Gasteiger partial charge on any atom is -0.359 e. The first kappa shape index (κ1) is 9.49. The fourth-order valence-electron chi connectivity index (χ4n) is 1.33. The molecule has 1 aliphatic carbocycles. The van der Waals surface area contributed by atoms with Gasteiger partial charge in [0, 0.05) is 7.11 Å².